The van der Waals surface area contributed by atoms with Gasteiger partial charge in [-0.2, -0.15) is 0 Å². The van der Waals surface area contributed by atoms with Gasteiger partial charge in [-0.3, -0.25) is 14.4 Å². The van der Waals surface area contributed by atoms with Crippen molar-refractivity contribution in [2.75, 3.05) is 16.8 Å². The molecule has 1 saturated carbocycles. The molecule has 166 valence electrons. The summed E-state index contributed by atoms with van der Waals surface area (Å²) >= 11 is 1.35. The van der Waals surface area contributed by atoms with Gasteiger partial charge in [0.05, 0.1) is 5.69 Å². The normalized spacial score (nSPS) is 13.7. The minimum Gasteiger partial charge on any atom is -0.352 e. The Hall–Kier alpha value is -2.74. The van der Waals surface area contributed by atoms with Gasteiger partial charge in [0.1, 0.15) is 6.54 Å². The van der Waals surface area contributed by atoms with E-state index in [0.717, 1.165) is 43.4 Å². The van der Waals surface area contributed by atoms with Crippen molar-refractivity contribution in [3.05, 3.63) is 40.9 Å². The molecule has 3 rings (SSSR count). The van der Waals surface area contributed by atoms with Crippen LogP contribution in [0.15, 0.2) is 29.6 Å². The Morgan fingerprint density at radius 1 is 1.10 bits per heavy atom. The summed E-state index contributed by atoms with van der Waals surface area (Å²) in [4.78, 5) is 43.5. The molecule has 0 aliphatic heterocycles. The molecule has 1 aromatic carbocycles. The first-order chi connectivity index (χ1) is 14.9. The molecule has 7 nitrogen and oxygen atoms in total. The number of aromatic nitrogens is 1. The number of carbonyl (C=O) groups excluding carboxylic acids is 3. The van der Waals surface area contributed by atoms with E-state index in [2.05, 4.69) is 22.5 Å². The smallest absolute Gasteiger partial charge is 0.240 e. The van der Waals surface area contributed by atoms with E-state index in [-0.39, 0.29) is 43.1 Å². The second-order valence-corrected chi connectivity index (χ2v) is 8.75. The van der Waals surface area contributed by atoms with Crippen LogP contribution in [0.4, 0.5) is 10.8 Å². The van der Waals surface area contributed by atoms with Crippen molar-refractivity contribution in [3.63, 3.8) is 0 Å². The van der Waals surface area contributed by atoms with E-state index >= 15 is 0 Å². The zero-order valence-corrected chi connectivity index (χ0v) is 19.0. The molecule has 2 N–H and O–H groups in total. The molecule has 1 aliphatic carbocycles. The topological polar surface area (TPSA) is 91.4 Å². The van der Waals surface area contributed by atoms with Gasteiger partial charge >= 0.3 is 0 Å². The SMILES string of the molecule is CCc1ccc(N(CC(=O)NC2CCCC2)C(=O)CCC(=O)Nc2nc(C)cs2)cc1. The Morgan fingerprint density at radius 3 is 2.42 bits per heavy atom. The second-order valence-electron chi connectivity index (χ2n) is 7.89. The first-order valence-corrected chi connectivity index (χ1v) is 11.7. The highest BCUT2D eigenvalue weighted by Crippen LogP contribution is 2.20. The van der Waals surface area contributed by atoms with E-state index in [9.17, 15) is 14.4 Å². The maximum absolute atomic E-state index is 13.0. The number of rotatable bonds is 9. The summed E-state index contributed by atoms with van der Waals surface area (Å²) in [5.41, 5.74) is 2.66. The van der Waals surface area contributed by atoms with Gasteiger partial charge in [0, 0.05) is 30.0 Å². The standard InChI is InChI=1S/C23H30N4O3S/c1-3-17-8-10-19(11-9-17)27(14-21(29)25-18-6-4-5-7-18)22(30)13-12-20(28)26-23-24-16(2)15-31-23/h8-11,15,18H,3-7,12-14H2,1-2H3,(H,25,29)(H,24,26,28). The molecular formula is C23H30N4O3S. The summed E-state index contributed by atoms with van der Waals surface area (Å²) in [5, 5.41) is 8.14. The van der Waals surface area contributed by atoms with E-state index in [4.69, 9.17) is 0 Å². The molecule has 0 unspecified atom stereocenters. The number of nitrogens with one attached hydrogen (secondary N) is 2. The highest BCUT2D eigenvalue weighted by atomic mass is 32.1. The first-order valence-electron chi connectivity index (χ1n) is 10.8. The summed E-state index contributed by atoms with van der Waals surface area (Å²) in [6, 6.07) is 7.83. The van der Waals surface area contributed by atoms with Crippen LogP contribution in [0.25, 0.3) is 0 Å². The number of hydrogen-bond acceptors (Lipinski definition) is 5. The quantitative estimate of drug-likeness (QED) is 0.618. The summed E-state index contributed by atoms with van der Waals surface area (Å²) in [7, 11) is 0. The average Bonchev–Trinajstić information content (AvgIpc) is 3.42. The largest absolute Gasteiger partial charge is 0.352 e. The lowest BCUT2D eigenvalue weighted by molar-refractivity contribution is -0.125. The molecule has 0 radical (unpaired) electrons. The molecule has 8 heteroatoms. The molecular weight excluding hydrogens is 412 g/mol. The Bertz CT molecular complexity index is 904. The van der Waals surface area contributed by atoms with Crippen molar-refractivity contribution in [3.8, 4) is 0 Å². The molecule has 0 atom stereocenters. The monoisotopic (exact) mass is 442 g/mol. The highest BCUT2D eigenvalue weighted by Gasteiger charge is 2.23. The predicted octanol–water partition coefficient (Wildman–Crippen LogP) is 3.82. The van der Waals surface area contributed by atoms with E-state index < -0.39 is 0 Å². The highest BCUT2D eigenvalue weighted by molar-refractivity contribution is 7.13. The molecule has 2 aromatic rings. The molecule has 1 aromatic heterocycles. The number of carbonyl (C=O) groups is 3. The van der Waals surface area contributed by atoms with Crippen LogP contribution >= 0.6 is 11.3 Å². The predicted molar refractivity (Wildman–Crippen MR) is 123 cm³/mol. The number of amides is 3. The third kappa shape index (κ3) is 6.89. The van der Waals surface area contributed by atoms with Crippen LogP contribution in [0, 0.1) is 6.92 Å². The first kappa shape index (κ1) is 22.9. The molecule has 1 fully saturated rings. The van der Waals surface area contributed by atoms with Crippen molar-refractivity contribution in [1.29, 1.82) is 0 Å². The van der Waals surface area contributed by atoms with Crippen molar-refractivity contribution < 1.29 is 14.4 Å². The number of thiazole rings is 1. The van der Waals surface area contributed by atoms with Crippen LogP contribution in [-0.2, 0) is 20.8 Å². The Kier molecular flexibility index (Phi) is 8.17. The zero-order valence-electron chi connectivity index (χ0n) is 18.1. The fourth-order valence-electron chi connectivity index (χ4n) is 3.67. The minimum absolute atomic E-state index is 0.0163. The van der Waals surface area contributed by atoms with Gasteiger partial charge < -0.3 is 15.5 Å². The fraction of sp³-hybridized carbons (Fsp3) is 0.478. The lowest BCUT2D eigenvalue weighted by atomic mass is 10.1. The Balaban J connectivity index is 1.62. The van der Waals surface area contributed by atoms with Crippen molar-refractivity contribution in [2.45, 2.75) is 64.8 Å². The Labute approximate surface area is 187 Å². The van der Waals surface area contributed by atoms with Gasteiger partial charge in [-0.05, 0) is 43.9 Å². The molecule has 31 heavy (non-hydrogen) atoms. The summed E-state index contributed by atoms with van der Waals surface area (Å²) in [6.07, 6.45) is 5.17. The number of anilines is 2. The van der Waals surface area contributed by atoms with Crippen molar-refractivity contribution in [2.24, 2.45) is 0 Å². The van der Waals surface area contributed by atoms with Gasteiger partial charge in [-0.25, -0.2) is 4.98 Å². The number of hydrogen-bond donors (Lipinski definition) is 2. The maximum Gasteiger partial charge on any atom is 0.240 e. The lowest BCUT2D eigenvalue weighted by Crippen LogP contribution is -2.43. The number of aryl methyl sites for hydroxylation is 2. The van der Waals surface area contributed by atoms with Crippen molar-refractivity contribution >= 4 is 39.9 Å². The average molecular weight is 443 g/mol. The molecule has 3 amide bonds. The van der Waals surface area contributed by atoms with E-state index in [1.54, 1.807) is 0 Å². The van der Waals surface area contributed by atoms with Crippen LogP contribution < -0.4 is 15.5 Å². The van der Waals surface area contributed by atoms with E-state index in [1.807, 2.05) is 36.6 Å². The number of nitrogens with zero attached hydrogens (tertiary/aromatic N) is 2. The van der Waals surface area contributed by atoms with Crippen LogP contribution in [0.5, 0.6) is 0 Å². The minimum atomic E-state index is -0.264. The fourth-order valence-corrected chi connectivity index (χ4v) is 4.38. The van der Waals surface area contributed by atoms with E-state index in [1.165, 1.54) is 16.2 Å². The zero-order chi connectivity index (χ0) is 22.2. The third-order valence-corrected chi connectivity index (χ3v) is 6.29. The van der Waals surface area contributed by atoms with Gasteiger partial charge in [0.2, 0.25) is 17.7 Å². The van der Waals surface area contributed by atoms with Crippen LogP contribution in [-0.4, -0.2) is 35.3 Å². The molecule has 1 heterocycles. The molecule has 0 bridgehead atoms. The summed E-state index contributed by atoms with van der Waals surface area (Å²) in [5.74, 6) is -0.682. The van der Waals surface area contributed by atoms with Crippen LogP contribution in [0.3, 0.4) is 0 Å². The van der Waals surface area contributed by atoms with E-state index in [0.29, 0.717) is 10.8 Å². The Morgan fingerprint density at radius 2 is 1.81 bits per heavy atom. The van der Waals surface area contributed by atoms with Crippen LogP contribution in [0.2, 0.25) is 0 Å². The lowest BCUT2D eigenvalue weighted by Gasteiger charge is -2.24. The summed E-state index contributed by atoms with van der Waals surface area (Å²) in [6.45, 7) is 3.87. The van der Waals surface area contributed by atoms with Gasteiger partial charge in [0.25, 0.3) is 0 Å². The molecule has 0 saturated heterocycles. The van der Waals surface area contributed by atoms with Gasteiger partial charge in [0.15, 0.2) is 5.13 Å². The maximum atomic E-state index is 13.0. The van der Waals surface area contributed by atoms with Crippen LogP contribution in [0.1, 0.15) is 56.7 Å². The van der Waals surface area contributed by atoms with Crippen molar-refractivity contribution in [1.82, 2.24) is 10.3 Å². The van der Waals surface area contributed by atoms with Gasteiger partial charge in [-0.15, -0.1) is 11.3 Å². The van der Waals surface area contributed by atoms with Gasteiger partial charge in [-0.1, -0.05) is 31.9 Å². The molecule has 1 aliphatic rings. The summed E-state index contributed by atoms with van der Waals surface area (Å²) < 4.78 is 0. The molecule has 0 spiro atoms. The number of benzene rings is 1. The second kappa shape index (κ2) is 11.0. The third-order valence-electron chi connectivity index (χ3n) is 5.41.